The molecule has 3 aromatic rings. The second kappa shape index (κ2) is 7.88. The summed E-state index contributed by atoms with van der Waals surface area (Å²) in [6, 6.07) is 32.6. The average molecular weight is 344 g/mol. The fraction of sp³-hybridized carbons (Fsp3) is 0.280. The highest BCUT2D eigenvalue weighted by atomic mass is 16.5. The van der Waals surface area contributed by atoms with Gasteiger partial charge in [0.1, 0.15) is 0 Å². The fourth-order valence-corrected chi connectivity index (χ4v) is 4.14. The summed E-state index contributed by atoms with van der Waals surface area (Å²) in [6.45, 7) is 5.47. The maximum absolute atomic E-state index is 5.53. The van der Waals surface area contributed by atoms with E-state index in [0.29, 0.717) is 0 Å². The molecule has 134 valence electrons. The molecule has 3 rings (SSSR count). The topological polar surface area (TPSA) is 9.23 Å². The maximum atomic E-state index is 5.53. The van der Waals surface area contributed by atoms with Crippen LogP contribution < -0.4 is 0 Å². The molecule has 0 aromatic heterocycles. The van der Waals surface area contributed by atoms with E-state index in [-0.39, 0.29) is 10.8 Å². The minimum atomic E-state index is -0.185. The van der Waals surface area contributed by atoms with E-state index in [0.717, 1.165) is 13.0 Å². The number of hydrogen-bond donors (Lipinski definition) is 0. The fourth-order valence-electron chi connectivity index (χ4n) is 4.14. The van der Waals surface area contributed by atoms with Gasteiger partial charge in [-0.05, 0) is 23.1 Å². The van der Waals surface area contributed by atoms with Gasteiger partial charge in [0.25, 0.3) is 0 Å². The van der Waals surface area contributed by atoms with Crippen molar-refractivity contribution in [3.8, 4) is 0 Å². The minimum Gasteiger partial charge on any atom is -0.385 e. The summed E-state index contributed by atoms with van der Waals surface area (Å²) in [7, 11) is 1.79. The summed E-state index contributed by atoms with van der Waals surface area (Å²) >= 11 is 0. The van der Waals surface area contributed by atoms with Crippen LogP contribution >= 0.6 is 0 Å². The van der Waals surface area contributed by atoms with Gasteiger partial charge in [0, 0.05) is 24.5 Å². The van der Waals surface area contributed by atoms with E-state index in [1.54, 1.807) is 7.11 Å². The van der Waals surface area contributed by atoms with Crippen LogP contribution in [0.3, 0.4) is 0 Å². The first-order valence-corrected chi connectivity index (χ1v) is 9.28. The Hall–Kier alpha value is -2.38. The molecule has 3 aromatic carbocycles. The highest BCUT2D eigenvalue weighted by molar-refractivity contribution is 5.47. The molecule has 0 fully saturated rings. The van der Waals surface area contributed by atoms with Gasteiger partial charge in [0.05, 0.1) is 0 Å². The van der Waals surface area contributed by atoms with E-state index in [2.05, 4.69) is 105 Å². The Morgan fingerprint density at radius 2 is 1.00 bits per heavy atom. The summed E-state index contributed by atoms with van der Waals surface area (Å²) in [4.78, 5) is 0. The Morgan fingerprint density at radius 1 is 0.615 bits per heavy atom. The van der Waals surface area contributed by atoms with Crippen molar-refractivity contribution in [2.24, 2.45) is 0 Å². The molecule has 0 unspecified atom stereocenters. The number of hydrogen-bond acceptors (Lipinski definition) is 1. The molecule has 0 saturated heterocycles. The zero-order valence-corrected chi connectivity index (χ0v) is 16.0. The van der Waals surface area contributed by atoms with Crippen LogP contribution in [0.4, 0.5) is 0 Å². The molecule has 0 heterocycles. The van der Waals surface area contributed by atoms with Crippen LogP contribution in [0.5, 0.6) is 0 Å². The van der Waals surface area contributed by atoms with Crippen LogP contribution in [-0.4, -0.2) is 13.7 Å². The third-order valence-electron chi connectivity index (χ3n) is 6.02. The highest BCUT2D eigenvalue weighted by Gasteiger charge is 2.47. The normalized spacial score (nSPS) is 14.0. The zero-order chi connectivity index (χ0) is 18.5. The van der Waals surface area contributed by atoms with Crippen molar-refractivity contribution in [3.63, 3.8) is 0 Å². The molecule has 0 aliphatic rings. The van der Waals surface area contributed by atoms with Crippen molar-refractivity contribution < 1.29 is 4.74 Å². The van der Waals surface area contributed by atoms with Crippen LogP contribution in [0.2, 0.25) is 0 Å². The number of methoxy groups -OCH3 is 1. The molecule has 0 aliphatic carbocycles. The molecule has 0 aliphatic heterocycles. The Labute approximate surface area is 157 Å². The Balaban J connectivity index is 2.27. The Morgan fingerprint density at radius 3 is 1.38 bits per heavy atom. The maximum Gasteiger partial charge on any atom is 0.0471 e. The van der Waals surface area contributed by atoms with Gasteiger partial charge in [-0.3, -0.25) is 0 Å². The quantitative estimate of drug-likeness (QED) is 0.512. The molecular formula is C25H28O. The molecule has 1 nitrogen and oxygen atoms in total. The van der Waals surface area contributed by atoms with Gasteiger partial charge in [-0.25, -0.2) is 0 Å². The molecule has 1 atom stereocenters. The summed E-state index contributed by atoms with van der Waals surface area (Å²) in [5.74, 6) is 0. The second-order valence-electron chi connectivity index (χ2n) is 7.30. The molecular weight excluding hydrogens is 316 g/mol. The number of ether oxygens (including phenoxy) is 1. The smallest absolute Gasteiger partial charge is 0.0471 e. The first-order valence-electron chi connectivity index (χ1n) is 9.28. The van der Waals surface area contributed by atoms with Crippen LogP contribution in [0.1, 0.15) is 37.0 Å². The SMILES string of the molecule is COCC[C@](C)(c1ccccc1)C(C)(c1ccccc1)c1ccccc1. The molecule has 0 radical (unpaired) electrons. The van der Waals surface area contributed by atoms with Crippen molar-refractivity contribution in [2.75, 3.05) is 13.7 Å². The second-order valence-corrected chi connectivity index (χ2v) is 7.30. The standard InChI is InChI=1S/C25H28O/c1-24(19-20-26-3,21-13-7-4-8-14-21)25(2,22-15-9-5-10-16-22)23-17-11-6-12-18-23/h4-18H,19-20H2,1-3H3/t24-/m1/s1. The van der Waals surface area contributed by atoms with Crippen LogP contribution in [0, 0.1) is 0 Å². The van der Waals surface area contributed by atoms with E-state index >= 15 is 0 Å². The predicted octanol–water partition coefficient (Wildman–Crippen LogP) is 5.99. The van der Waals surface area contributed by atoms with E-state index in [1.165, 1.54) is 16.7 Å². The van der Waals surface area contributed by atoms with Crippen LogP contribution in [0.25, 0.3) is 0 Å². The number of benzene rings is 3. The summed E-state index contributed by atoms with van der Waals surface area (Å²) in [6.07, 6.45) is 0.938. The van der Waals surface area contributed by atoms with E-state index < -0.39 is 0 Å². The average Bonchev–Trinajstić information content (AvgIpc) is 2.73. The largest absolute Gasteiger partial charge is 0.385 e. The lowest BCUT2D eigenvalue weighted by Gasteiger charge is -2.48. The number of rotatable bonds is 7. The van der Waals surface area contributed by atoms with Crippen molar-refractivity contribution >= 4 is 0 Å². The highest BCUT2D eigenvalue weighted by Crippen LogP contribution is 2.50. The monoisotopic (exact) mass is 344 g/mol. The van der Waals surface area contributed by atoms with Crippen molar-refractivity contribution in [3.05, 3.63) is 108 Å². The van der Waals surface area contributed by atoms with Gasteiger partial charge < -0.3 is 4.74 Å². The molecule has 0 N–H and O–H groups in total. The van der Waals surface area contributed by atoms with Gasteiger partial charge in [-0.15, -0.1) is 0 Å². The first kappa shape index (κ1) is 18.4. The van der Waals surface area contributed by atoms with Crippen molar-refractivity contribution in [1.29, 1.82) is 0 Å². The van der Waals surface area contributed by atoms with E-state index in [9.17, 15) is 0 Å². The summed E-state index contributed by atoms with van der Waals surface area (Å²) < 4.78 is 5.53. The lowest BCUT2D eigenvalue weighted by molar-refractivity contribution is 0.148. The third kappa shape index (κ3) is 3.20. The van der Waals surface area contributed by atoms with Gasteiger partial charge in [-0.2, -0.15) is 0 Å². The van der Waals surface area contributed by atoms with Crippen molar-refractivity contribution in [1.82, 2.24) is 0 Å². The van der Waals surface area contributed by atoms with Gasteiger partial charge >= 0.3 is 0 Å². The summed E-state index contributed by atoms with van der Waals surface area (Å²) in [5, 5.41) is 0. The lowest BCUT2D eigenvalue weighted by atomic mass is 9.55. The first-order chi connectivity index (χ1) is 12.6. The van der Waals surface area contributed by atoms with Gasteiger partial charge in [0.2, 0.25) is 0 Å². The molecule has 0 amide bonds. The molecule has 0 spiro atoms. The molecule has 1 heteroatoms. The Kier molecular flexibility index (Phi) is 5.58. The third-order valence-corrected chi connectivity index (χ3v) is 6.02. The van der Waals surface area contributed by atoms with Crippen LogP contribution in [0.15, 0.2) is 91.0 Å². The zero-order valence-electron chi connectivity index (χ0n) is 16.0. The van der Waals surface area contributed by atoms with Crippen molar-refractivity contribution in [2.45, 2.75) is 31.1 Å². The lowest BCUT2D eigenvalue weighted by Crippen LogP contribution is -2.46. The molecule has 0 saturated carbocycles. The summed E-state index contributed by atoms with van der Waals surface area (Å²) in [5.41, 5.74) is 3.69. The Bertz CT molecular complexity index is 756. The van der Waals surface area contributed by atoms with Gasteiger partial charge in [0.15, 0.2) is 0 Å². The van der Waals surface area contributed by atoms with E-state index in [4.69, 9.17) is 4.74 Å². The predicted molar refractivity (Wildman–Crippen MR) is 110 cm³/mol. The van der Waals surface area contributed by atoms with Crippen LogP contribution in [-0.2, 0) is 15.6 Å². The van der Waals surface area contributed by atoms with Gasteiger partial charge in [-0.1, -0.05) is 105 Å². The minimum absolute atomic E-state index is 0.118. The molecule has 0 bridgehead atoms. The molecule has 26 heavy (non-hydrogen) atoms. The van der Waals surface area contributed by atoms with E-state index in [1.807, 2.05) is 0 Å².